The second-order valence-corrected chi connectivity index (χ2v) is 18.4. The molecule has 0 saturated carbocycles. The zero-order valence-corrected chi connectivity index (χ0v) is 33.4. The second kappa shape index (κ2) is 16.7. The van der Waals surface area contributed by atoms with Crippen LogP contribution in [0.3, 0.4) is 0 Å². The molecular formula is C41H41F3N3O4S4+. The number of fused-ring (bicyclic) bond motifs is 3. The number of anilines is 1. The summed E-state index contributed by atoms with van der Waals surface area (Å²) in [6.07, 6.45) is 10.6. The van der Waals surface area contributed by atoms with Crippen molar-refractivity contribution in [2.75, 3.05) is 30.0 Å². The smallest absolute Gasteiger partial charge is 0.348 e. The first kappa shape index (κ1) is 39.4. The molecule has 0 fully saturated rings. The molecule has 2 aliphatic carbocycles. The molecule has 1 unspecified atom stereocenters. The molecule has 3 aromatic carbocycles. The van der Waals surface area contributed by atoms with E-state index in [0.717, 1.165) is 72.5 Å². The van der Waals surface area contributed by atoms with Crippen LogP contribution < -0.4 is 14.8 Å². The normalized spacial score (nSPS) is 18.7. The van der Waals surface area contributed by atoms with Crippen LogP contribution in [0.2, 0.25) is 0 Å². The molecule has 55 heavy (non-hydrogen) atoms. The van der Waals surface area contributed by atoms with Crippen molar-refractivity contribution >= 4 is 72.9 Å². The number of aryl methyl sites for hydroxylation is 1. The van der Waals surface area contributed by atoms with E-state index >= 15 is 0 Å². The number of amides is 1. The Morgan fingerprint density at radius 2 is 1.82 bits per heavy atom. The highest BCUT2D eigenvalue weighted by Crippen LogP contribution is 2.49. The number of carbonyl (C=O) groups excluding carboxylic acids is 1. The topological polar surface area (TPSA) is 90.6 Å². The van der Waals surface area contributed by atoms with Crippen molar-refractivity contribution in [2.45, 2.75) is 61.0 Å². The van der Waals surface area contributed by atoms with Gasteiger partial charge in [0, 0.05) is 41.4 Å². The van der Waals surface area contributed by atoms with Crippen molar-refractivity contribution in [2.24, 2.45) is 5.92 Å². The molecule has 1 atom stereocenters. The summed E-state index contributed by atoms with van der Waals surface area (Å²) in [5.74, 6) is -1.78. The van der Waals surface area contributed by atoms with Crippen LogP contribution in [-0.4, -0.2) is 50.2 Å². The van der Waals surface area contributed by atoms with Gasteiger partial charge in [-0.05, 0) is 102 Å². The fraction of sp³-hybridized carbons (Fsp3) is 0.317. The lowest BCUT2D eigenvalue weighted by Crippen LogP contribution is -2.38. The number of halogens is 3. The maximum absolute atomic E-state index is 12.8. The van der Waals surface area contributed by atoms with Crippen LogP contribution in [0, 0.1) is 5.92 Å². The summed E-state index contributed by atoms with van der Waals surface area (Å²) >= 11 is 4.98. The van der Waals surface area contributed by atoms with Gasteiger partial charge in [0.25, 0.3) is 15.1 Å². The van der Waals surface area contributed by atoms with Gasteiger partial charge in [-0.2, -0.15) is 26.2 Å². The molecule has 0 spiro atoms. The molecule has 0 saturated heterocycles. The molecular weight excluding hydrogens is 784 g/mol. The molecule has 0 bridgehead atoms. The molecule has 1 aromatic heterocycles. The van der Waals surface area contributed by atoms with E-state index in [0.29, 0.717) is 31.8 Å². The third-order valence-corrected chi connectivity index (χ3v) is 13.8. The molecule has 3 aliphatic rings. The quantitative estimate of drug-likeness (QED) is 0.0637. The van der Waals surface area contributed by atoms with Crippen molar-refractivity contribution in [1.29, 1.82) is 0 Å². The molecule has 7 rings (SSSR count). The fourth-order valence-electron chi connectivity index (χ4n) is 7.29. The number of hydrogen-bond donors (Lipinski definition) is 2. The van der Waals surface area contributed by atoms with Crippen molar-refractivity contribution in [3.8, 4) is 11.1 Å². The molecule has 0 radical (unpaired) electrons. The molecule has 2 heterocycles. The third-order valence-electron chi connectivity index (χ3n) is 10.0. The highest BCUT2D eigenvalue weighted by molar-refractivity contribution is 8.03. The lowest BCUT2D eigenvalue weighted by Gasteiger charge is -2.29. The van der Waals surface area contributed by atoms with Gasteiger partial charge >= 0.3 is 12.1 Å². The van der Waals surface area contributed by atoms with Gasteiger partial charge in [-0.1, -0.05) is 71.6 Å². The van der Waals surface area contributed by atoms with Crippen LogP contribution in [-0.2, 0) is 21.5 Å². The minimum Gasteiger partial charge on any atom is -0.348 e. The molecule has 288 valence electrons. The van der Waals surface area contributed by atoms with E-state index < -0.39 is 22.2 Å². The Bertz CT molecular complexity index is 2330. The molecule has 7 nitrogen and oxygen atoms in total. The van der Waals surface area contributed by atoms with Gasteiger partial charge in [0.05, 0.1) is 16.5 Å². The average Bonchev–Trinajstić information content (AvgIpc) is 3.68. The first-order valence-electron chi connectivity index (χ1n) is 18.1. The van der Waals surface area contributed by atoms with Crippen LogP contribution in [0.5, 0.6) is 0 Å². The maximum atomic E-state index is 12.8. The zero-order chi connectivity index (χ0) is 38.7. The molecule has 4 aromatic rings. The number of nitrogens with one attached hydrogen (secondary N) is 1. The maximum Gasteiger partial charge on any atom is 0.471 e. The summed E-state index contributed by atoms with van der Waals surface area (Å²) in [5.41, 5.74) is 7.82. The lowest BCUT2D eigenvalue weighted by atomic mass is 9.77. The molecule has 1 amide bonds. The zero-order valence-electron chi connectivity index (χ0n) is 30.1. The summed E-state index contributed by atoms with van der Waals surface area (Å²) < 4.78 is 74.2. The lowest BCUT2D eigenvalue weighted by molar-refractivity contribution is -0.668. The number of carbonyl (C=O) groups is 1. The van der Waals surface area contributed by atoms with E-state index in [1.807, 2.05) is 41.9 Å². The van der Waals surface area contributed by atoms with Crippen molar-refractivity contribution in [3.63, 3.8) is 0 Å². The molecule has 1 aliphatic heterocycles. The summed E-state index contributed by atoms with van der Waals surface area (Å²) in [6, 6.07) is 22.7. The Hall–Kier alpha value is -3.82. The van der Waals surface area contributed by atoms with Gasteiger partial charge in [-0.15, -0.1) is 11.8 Å². The largest absolute Gasteiger partial charge is 0.471 e. The van der Waals surface area contributed by atoms with Crippen LogP contribution in [0.4, 0.5) is 18.9 Å². The third kappa shape index (κ3) is 9.60. The van der Waals surface area contributed by atoms with Crippen LogP contribution in [0.15, 0.2) is 116 Å². The molecule has 14 heteroatoms. The van der Waals surface area contributed by atoms with Crippen LogP contribution >= 0.6 is 34.9 Å². The Balaban J connectivity index is 1.17. The number of alkyl halides is 3. The summed E-state index contributed by atoms with van der Waals surface area (Å²) in [6.45, 7) is 0.809. The fourth-order valence-corrected chi connectivity index (χ4v) is 10.5. The van der Waals surface area contributed by atoms with Gasteiger partial charge in [-0.3, -0.25) is 9.35 Å². The van der Waals surface area contributed by atoms with Crippen LogP contribution in [0.25, 0.3) is 27.4 Å². The monoisotopic (exact) mass is 824 g/mol. The van der Waals surface area contributed by atoms with E-state index in [2.05, 4.69) is 70.2 Å². The van der Waals surface area contributed by atoms with Gasteiger partial charge < -0.3 is 10.2 Å². The highest BCUT2D eigenvalue weighted by Gasteiger charge is 2.38. The minimum atomic E-state index is -4.91. The molecule has 2 N–H and O–H groups in total. The summed E-state index contributed by atoms with van der Waals surface area (Å²) in [5, 5.41) is 4.05. The predicted octanol–water partition coefficient (Wildman–Crippen LogP) is 9.82. The number of rotatable bonds is 12. The highest BCUT2D eigenvalue weighted by atomic mass is 32.2. The number of allylic oxidation sites excluding steroid dienone is 6. The SMILES string of the molecule is CSc1ccc2sc(/C=C3/C=C4C=C(/C=C5\Sc6ccc(-c7ccccc7)cc6N5CCCNC(=O)C(F)(F)F)CCC4CC3)[n+](CCCS(=O)(=O)O)c2c1. The Morgan fingerprint density at radius 3 is 2.58 bits per heavy atom. The van der Waals surface area contributed by atoms with Crippen LogP contribution in [0.1, 0.15) is 43.5 Å². The Morgan fingerprint density at radius 1 is 1.02 bits per heavy atom. The first-order chi connectivity index (χ1) is 26.3. The van der Waals surface area contributed by atoms with Gasteiger partial charge in [0.2, 0.25) is 5.52 Å². The van der Waals surface area contributed by atoms with E-state index in [-0.39, 0.29) is 12.3 Å². The summed E-state index contributed by atoms with van der Waals surface area (Å²) in [7, 11) is -4.06. The van der Waals surface area contributed by atoms with Gasteiger partial charge in [0.15, 0.2) is 6.54 Å². The number of benzene rings is 3. The number of hydrogen-bond acceptors (Lipinski definition) is 7. The van der Waals surface area contributed by atoms with E-state index in [9.17, 15) is 30.9 Å². The van der Waals surface area contributed by atoms with Crippen molar-refractivity contribution < 1.29 is 35.5 Å². The van der Waals surface area contributed by atoms with E-state index in [1.54, 1.807) is 34.9 Å². The minimum absolute atomic E-state index is 0.0913. The van der Waals surface area contributed by atoms with Gasteiger partial charge in [-0.25, -0.2) is 0 Å². The average molecular weight is 825 g/mol. The number of thioether (sulfide) groups is 2. The van der Waals surface area contributed by atoms with Crippen molar-refractivity contribution in [1.82, 2.24) is 5.32 Å². The number of aromatic nitrogens is 1. The van der Waals surface area contributed by atoms with E-state index in [4.69, 9.17) is 0 Å². The Kier molecular flexibility index (Phi) is 12.0. The second-order valence-electron chi connectivity index (χ2n) is 13.8. The number of nitrogens with zero attached hydrogens (tertiary/aromatic N) is 2. The number of thiazole rings is 1. The predicted molar refractivity (Wildman–Crippen MR) is 218 cm³/mol. The van der Waals surface area contributed by atoms with Gasteiger partial charge in [0.1, 0.15) is 4.70 Å². The van der Waals surface area contributed by atoms with E-state index in [1.165, 1.54) is 16.7 Å². The standard InChI is InChI=1S/C41H40F3N3O4S4/c1-52-33-14-16-37-35(26-33)47(19-6-20-55(49,50)51)39(54-37)24-28-10-12-30-11-9-27(21-32(30)22-28)23-38-46(18-5-17-45-40(48)41(42,43)44)34-25-31(13-15-36(34)53-38)29-7-3-2-4-8-29/h2-4,7-8,13-16,21-26,30H,5-6,9-12,17-20H2,1H3,(H-,45,48,49,50,51)/p+1. The summed E-state index contributed by atoms with van der Waals surface area (Å²) in [4.78, 5) is 15.8. The van der Waals surface area contributed by atoms with Crippen molar-refractivity contribution in [3.05, 3.63) is 112 Å². The first-order valence-corrected chi connectivity index (χ1v) is 22.6. The Labute approximate surface area is 331 Å².